The van der Waals surface area contributed by atoms with Crippen LogP contribution in [0.15, 0.2) is 11.2 Å². The molecule has 0 saturated carbocycles. The Morgan fingerprint density at radius 3 is 2.47 bits per heavy atom. The maximum atomic E-state index is 11.8. The van der Waals surface area contributed by atoms with E-state index in [9.17, 15) is 8.42 Å². The van der Waals surface area contributed by atoms with Crippen LogP contribution in [-0.2, 0) is 9.84 Å². The molecule has 0 aliphatic rings. The molecule has 15 heavy (non-hydrogen) atoms. The molecule has 0 fully saturated rings. The highest BCUT2D eigenvalue weighted by Crippen LogP contribution is 2.13. The second kappa shape index (κ2) is 4.45. The predicted octanol–water partition coefficient (Wildman–Crippen LogP) is 1.87. The van der Waals surface area contributed by atoms with Crippen molar-refractivity contribution < 1.29 is 8.42 Å². The van der Waals surface area contributed by atoms with Crippen LogP contribution in [0.25, 0.3) is 0 Å². The number of hydrogen-bond acceptors (Lipinski definition) is 4. The highest BCUT2D eigenvalue weighted by molar-refractivity contribution is 7.91. The Kier molecular flexibility index (Phi) is 3.67. The molecule has 0 aliphatic carbocycles. The largest absolute Gasteiger partial charge is 0.248 e. The topological polar surface area (TPSA) is 59.9 Å². The second-order valence-electron chi connectivity index (χ2n) is 3.79. The summed E-state index contributed by atoms with van der Waals surface area (Å²) in [7, 11) is -3.41. The van der Waals surface area contributed by atoms with Gasteiger partial charge in [0.1, 0.15) is 5.15 Å². The molecule has 1 aromatic heterocycles. The molecule has 1 aromatic rings. The molecule has 0 unspecified atom stereocenters. The van der Waals surface area contributed by atoms with Crippen LogP contribution in [0.2, 0.25) is 5.15 Å². The number of aromatic nitrogens is 2. The lowest BCUT2D eigenvalue weighted by Crippen LogP contribution is -2.15. The van der Waals surface area contributed by atoms with Crippen LogP contribution >= 0.6 is 11.6 Å². The minimum absolute atomic E-state index is 0.0345. The maximum absolute atomic E-state index is 11.8. The van der Waals surface area contributed by atoms with Crippen LogP contribution in [0.1, 0.15) is 19.5 Å². The first kappa shape index (κ1) is 12.4. The van der Waals surface area contributed by atoms with Gasteiger partial charge in [0.2, 0.25) is 15.0 Å². The molecule has 0 atom stereocenters. The van der Waals surface area contributed by atoms with Gasteiger partial charge < -0.3 is 0 Å². The molecule has 0 aromatic carbocycles. The summed E-state index contributed by atoms with van der Waals surface area (Å²) in [6.45, 7) is 5.34. The molecule has 6 heteroatoms. The fourth-order valence-corrected chi connectivity index (χ4v) is 2.99. The Hall–Kier alpha value is -0.680. The van der Waals surface area contributed by atoms with Gasteiger partial charge in [-0.15, -0.1) is 0 Å². The Morgan fingerprint density at radius 1 is 1.40 bits per heavy atom. The number of aryl methyl sites for hydroxylation is 1. The van der Waals surface area contributed by atoms with Crippen molar-refractivity contribution in [2.45, 2.75) is 25.9 Å². The molecule has 0 saturated heterocycles. The Balaban J connectivity index is 3.16. The van der Waals surface area contributed by atoms with E-state index in [-0.39, 0.29) is 22.0 Å². The molecule has 0 N–H and O–H groups in total. The third kappa shape index (κ3) is 3.43. The molecule has 0 spiro atoms. The van der Waals surface area contributed by atoms with Crippen LogP contribution in [0.5, 0.6) is 0 Å². The summed E-state index contributed by atoms with van der Waals surface area (Å²) < 4.78 is 23.5. The van der Waals surface area contributed by atoms with E-state index >= 15 is 0 Å². The van der Waals surface area contributed by atoms with Crippen molar-refractivity contribution in [1.82, 2.24) is 9.97 Å². The summed E-state index contributed by atoms with van der Waals surface area (Å²) in [4.78, 5) is 7.60. The number of halogens is 1. The third-order valence-electron chi connectivity index (χ3n) is 1.63. The summed E-state index contributed by atoms with van der Waals surface area (Å²) in [5.74, 6) is 0.0742. The summed E-state index contributed by atoms with van der Waals surface area (Å²) in [6.07, 6.45) is 0. The zero-order valence-corrected chi connectivity index (χ0v) is 10.4. The first-order valence-electron chi connectivity index (χ1n) is 4.55. The fourth-order valence-electron chi connectivity index (χ4n) is 1.16. The van der Waals surface area contributed by atoms with Crippen molar-refractivity contribution in [2.24, 2.45) is 5.92 Å². The van der Waals surface area contributed by atoms with Crippen molar-refractivity contribution in [1.29, 1.82) is 0 Å². The van der Waals surface area contributed by atoms with Gasteiger partial charge in [0.25, 0.3) is 0 Å². The van der Waals surface area contributed by atoms with Gasteiger partial charge in [0.05, 0.1) is 5.75 Å². The van der Waals surface area contributed by atoms with E-state index < -0.39 is 9.84 Å². The average molecular weight is 249 g/mol. The molecule has 0 bridgehead atoms. The van der Waals surface area contributed by atoms with E-state index in [1.807, 2.05) is 13.8 Å². The average Bonchev–Trinajstić information content (AvgIpc) is 1.99. The SMILES string of the molecule is Cc1cc(Cl)nc(S(=O)(=O)CC(C)C)n1. The van der Waals surface area contributed by atoms with Crippen molar-refractivity contribution in [3.8, 4) is 0 Å². The maximum Gasteiger partial charge on any atom is 0.248 e. The second-order valence-corrected chi connectivity index (χ2v) is 6.11. The molecule has 0 aliphatic heterocycles. The van der Waals surface area contributed by atoms with E-state index in [0.29, 0.717) is 5.69 Å². The third-order valence-corrected chi connectivity index (χ3v) is 3.67. The molecule has 1 heterocycles. The molecule has 1 rings (SSSR count). The number of sulfone groups is 1. The van der Waals surface area contributed by atoms with Crippen molar-refractivity contribution in [3.63, 3.8) is 0 Å². The predicted molar refractivity (Wildman–Crippen MR) is 58.7 cm³/mol. The van der Waals surface area contributed by atoms with Crippen LogP contribution < -0.4 is 0 Å². The molecule has 84 valence electrons. The lowest BCUT2D eigenvalue weighted by Gasteiger charge is -2.06. The Labute approximate surface area is 94.6 Å². The van der Waals surface area contributed by atoms with E-state index in [4.69, 9.17) is 11.6 Å². The Morgan fingerprint density at radius 2 is 2.00 bits per heavy atom. The smallest absolute Gasteiger partial charge is 0.224 e. The van der Waals surface area contributed by atoms with E-state index in [1.54, 1.807) is 6.92 Å². The van der Waals surface area contributed by atoms with Gasteiger partial charge in [-0.25, -0.2) is 18.4 Å². The minimum Gasteiger partial charge on any atom is -0.224 e. The minimum atomic E-state index is -3.41. The standard InChI is InChI=1S/C9H13ClN2O2S/c1-6(2)5-15(13,14)9-11-7(3)4-8(10)12-9/h4,6H,5H2,1-3H3. The van der Waals surface area contributed by atoms with Crippen LogP contribution in [0.4, 0.5) is 0 Å². The van der Waals surface area contributed by atoms with Crippen LogP contribution in [0.3, 0.4) is 0 Å². The number of nitrogens with zero attached hydrogens (tertiary/aromatic N) is 2. The van der Waals surface area contributed by atoms with Crippen LogP contribution in [-0.4, -0.2) is 24.1 Å². The number of hydrogen-bond donors (Lipinski definition) is 0. The van der Waals surface area contributed by atoms with Crippen LogP contribution in [0, 0.1) is 12.8 Å². The van der Waals surface area contributed by atoms with Gasteiger partial charge in [-0.05, 0) is 18.9 Å². The zero-order chi connectivity index (χ0) is 11.6. The van der Waals surface area contributed by atoms with Crippen molar-refractivity contribution in [2.75, 3.05) is 5.75 Å². The Bertz CT molecular complexity index is 437. The van der Waals surface area contributed by atoms with E-state index in [2.05, 4.69) is 9.97 Å². The summed E-state index contributed by atoms with van der Waals surface area (Å²) in [6, 6.07) is 1.52. The van der Waals surface area contributed by atoms with Gasteiger partial charge in [0.15, 0.2) is 0 Å². The zero-order valence-electron chi connectivity index (χ0n) is 8.86. The highest BCUT2D eigenvalue weighted by Gasteiger charge is 2.20. The van der Waals surface area contributed by atoms with E-state index in [0.717, 1.165) is 0 Å². The van der Waals surface area contributed by atoms with Gasteiger partial charge in [0, 0.05) is 5.69 Å². The first-order chi connectivity index (χ1) is 6.81. The van der Waals surface area contributed by atoms with Gasteiger partial charge in [-0.2, -0.15) is 0 Å². The molecule has 0 amide bonds. The van der Waals surface area contributed by atoms with Gasteiger partial charge in [-0.3, -0.25) is 0 Å². The fraction of sp³-hybridized carbons (Fsp3) is 0.556. The summed E-state index contributed by atoms with van der Waals surface area (Å²) in [5.41, 5.74) is 0.553. The molecule has 0 radical (unpaired) electrons. The lowest BCUT2D eigenvalue weighted by atomic mass is 10.3. The normalized spacial score (nSPS) is 12.1. The summed E-state index contributed by atoms with van der Waals surface area (Å²) in [5, 5.41) is -0.0222. The highest BCUT2D eigenvalue weighted by atomic mass is 35.5. The van der Waals surface area contributed by atoms with Gasteiger partial charge in [-0.1, -0.05) is 25.4 Å². The summed E-state index contributed by atoms with van der Waals surface area (Å²) >= 11 is 5.68. The van der Waals surface area contributed by atoms with E-state index in [1.165, 1.54) is 6.07 Å². The lowest BCUT2D eigenvalue weighted by molar-refractivity contribution is 0.573. The molecular formula is C9H13ClN2O2S. The monoisotopic (exact) mass is 248 g/mol. The first-order valence-corrected chi connectivity index (χ1v) is 6.58. The van der Waals surface area contributed by atoms with Gasteiger partial charge >= 0.3 is 0 Å². The van der Waals surface area contributed by atoms with Crippen molar-refractivity contribution >= 4 is 21.4 Å². The quantitative estimate of drug-likeness (QED) is 0.605. The van der Waals surface area contributed by atoms with Crippen molar-refractivity contribution in [3.05, 3.63) is 16.9 Å². The number of rotatable bonds is 3. The molecule has 4 nitrogen and oxygen atoms in total. The molecular weight excluding hydrogens is 236 g/mol.